The normalized spacial score (nSPS) is 15.2. The highest BCUT2D eigenvalue weighted by atomic mass is 32.2. The minimum Gasteiger partial charge on any atom is -0.313 e. The van der Waals surface area contributed by atoms with E-state index in [2.05, 4.69) is 81.7 Å². The summed E-state index contributed by atoms with van der Waals surface area (Å²) in [5.41, 5.74) is 1.55. The molecule has 0 fully saturated rings. The van der Waals surface area contributed by atoms with Crippen molar-refractivity contribution in [1.82, 2.24) is 10.2 Å². The Morgan fingerprint density at radius 3 is 2.38 bits per heavy atom. The first kappa shape index (κ1) is 18.5. The molecule has 0 aliphatic heterocycles. The van der Waals surface area contributed by atoms with Gasteiger partial charge in [-0.3, -0.25) is 0 Å². The Morgan fingerprint density at radius 2 is 1.86 bits per heavy atom. The third kappa shape index (κ3) is 5.65. The largest absolute Gasteiger partial charge is 0.313 e. The van der Waals surface area contributed by atoms with E-state index in [9.17, 15) is 0 Å². The first-order valence-corrected chi connectivity index (χ1v) is 9.23. The van der Waals surface area contributed by atoms with Crippen molar-refractivity contribution in [3.63, 3.8) is 0 Å². The summed E-state index contributed by atoms with van der Waals surface area (Å²) in [4.78, 5) is 2.50. The monoisotopic (exact) mass is 308 g/mol. The van der Waals surface area contributed by atoms with Crippen LogP contribution in [0.15, 0.2) is 30.3 Å². The summed E-state index contributed by atoms with van der Waals surface area (Å²) >= 11 is 1.93. The summed E-state index contributed by atoms with van der Waals surface area (Å²) in [6, 6.07) is 11.8. The minimum absolute atomic E-state index is 0.179. The molecule has 1 rings (SSSR count). The van der Waals surface area contributed by atoms with Gasteiger partial charge in [-0.05, 0) is 50.4 Å². The van der Waals surface area contributed by atoms with Gasteiger partial charge in [-0.25, -0.2) is 0 Å². The van der Waals surface area contributed by atoms with Gasteiger partial charge in [0.2, 0.25) is 0 Å². The van der Waals surface area contributed by atoms with Crippen LogP contribution >= 0.6 is 11.8 Å². The number of rotatable bonds is 9. The van der Waals surface area contributed by atoms with Crippen molar-refractivity contribution in [3.8, 4) is 0 Å². The van der Waals surface area contributed by atoms with E-state index < -0.39 is 0 Å². The van der Waals surface area contributed by atoms with E-state index in [1.165, 1.54) is 17.7 Å². The van der Waals surface area contributed by atoms with Gasteiger partial charge in [-0.2, -0.15) is 11.8 Å². The topological polar surface area (TPSA) is 15.3 Å². The maximum atomic E-state index is 3.52. The molecule has 0 aliphatic rings. The fourth-order valence-corrected chi connectivity index (χ4v) is 3.63. The summed E-state index contributed by atoms with van der Waals surface area (Å²) in [6.07, 6.45) is 3.44. The van der Waals surface area contributed by atoms with Crippen molar-refractivity contribution in [2.24, 2.45) is 5.41 Å². The second kappa shape index (κ2) is 8.82. The fourth-order valence-electron chi connectivity index (χ4n) is 3.05. The SMILES string of the molecule is CNC(c1ccccc1)C(C)(C)CN(C)C(C)CCSC. The predicted octanol–water partition coefficient (Wildman–Crippen LogP) is 4.05. The lowest BCUT2D eigenvalue weighted by Crippen LogP contribution is -2.43. The molecule has 0 amide bonds. The molecule has 3 heteroatoms. The van der Waals surface area contributed by atoms with Gasteiger partial charge in [0.05, 0.1) is 0 Å². The molecule has 1 aromatic rings. The van der Waals surface area contributed by atoms with Crippen molar-refractivity contribution < 1.29 is 0 Å². The number of hydrogen-bond acceptors (Lipinski definition) is 3. The van der Waals surface area contributed by atoms with Crippen LogP contribution in [0.3, 0.4) is 0 Å². The van der Waals surface area contributed by atoms with Crippen molar-refractivity contribution in [3.05, 3.63) is 35.9 Å². The summed E-state index contributed by atoms with van der Waals surface area (Å²) in [5.74, 6) is 1.24. The summed E-state index contributed by atoms with van der Waals surface area (Å²) in [5, 5.41) is 3.52. The van der Waals surface area contributed by atoms with Crippen LogP contribution in [0.25, 0.3) is 0 Å². The van der Waals surface area contributed by atoms with E-state index in [1.807, 2.05) is 11.8 Å². The molecule has 2 atom stereocenters. The standard InChI is InChI=1S/C18H32N2S/c1-15(12-13-21-6)20(5)14-18(2,3)17(19-4)16-10-8-7-9-11-16/h7-11,15,17,19H,12-14H2,1-6H3. The van der Waals surface area contributed by atoms with Gasteiger partial charge >= 0.3 is 0 Å². The second-order valence-electron chi connectivity index (χ2n) is 6.67. The molecule has 120 valence electrons. The van der Waals surface area contributed by atoms with Crippen LogP contribution in [0.5, 0.6) is 0 Å². The van der Waals surface area contributed by atoms with Crippen molar-refractivity contribution in [2.75, 3.05) is 32.6 Å². The molecule has 0 heterocycles. The molecule has 21 heavy (non-hydrogen) atoms. The highest BCUT2D eigenvalue weighted by Crippen LogP contribution is 2.34. The van der Waals surface area contributed by atoms with Gasteiger partial charge in [0.1, 0.15) is 0 Å². The van der Waals surface area contributed by atoms with Crippen molar-refractivity contribution in [1.29, 1.82) is 0 Å². The molecule has 1 aromatic carbocycles. The Kier molecular flexibility index (Phi) is 7.78. The molecule has 0 spiro atoms. The molecule has 0 radical (unpaired) electrons. The zero-order chi connectivity index (χ0) is 15.9. The maximum absolute atomic E-state index is 3.52. The Balaban J connectivity index is 2.74. The van der Waals surface area contributed by atoms with E-state index in [0.717, 1.165) is 6.54 Å². The smallest absolute Gasteiger partial charge is 0.0381 e. The molecule has 0 bridgehead atoms. The molecule has 0 saturated heterocycles. The number of nitrogens with zero attached hydrogens (tertiary/aromatic N) is 1. The molecule has 1 N–H and O–H groups in total. The molecular formula is C18H32N2S. The zero-order valence-corrected chi connectivity index (χ0v) is 15.3. The van der Waals surface area contributed by atoms with E-state index in [1.54, 1.807) is 0 Å². The van der Waals surface area contributed by atoms with Crippen LogP contribution in [0, 0.1) is 5.41 Å². The summed E-state index contributed by atoms with van der Waals surface area (Å²) in [6.45, 7) is 8.14. The van der Waals surface area contributed by atoms with E-state index in [4.69, 9.17) is 0 Å². The minimum atomic E-state index is 0.179. The number of hydrogen-bond donors (Lipinski definition) is 1. The molecule has 2 nitrogen and oxygen atoms in total. The Bertz CT molecular complexity index is 391. The Morgan fingerprint density at radius 1 is 1.24 bits per heavy atom. The van der Waals surface area contributed by atoms with Gasteiger partial charge in [-0.1, -0.05) is 44.2 Å². The van der Waals surface area contributed by atoms with Crippen LogP contribution in [0.2, 0.25) is 0 Å². The van der Waals surface area contributed by atoms with E-state index in [0.29, 0.717) is 12.1 Å². The van der Waals surface area contributed by atoms with Crippen LogP contribution in [-0.2, 0) is 0 Å². The van der Waals surface area contributed by atoms with Crippen LogP contribution in [0.1, 0.15) is 38.8 Å². The van der Waals surface area contributed by atoms with E-state index >= 15 is 0 Å². The summed E-state index contributed by atoms with van der Waals surface area (Å²) < 4.78 is 0. The van der Waals surface area contributed by atoms with Gasteiger partial charge in [0.15, 0.2) is 0 Å². The maximum Gasteiger partial charge on any atom is 0.0381 e. The average Bonchev–Trinajstić information content (AvgIpc) is 2.45. The van der Waals surface area contributed by atoms with Gasteiger partial charge in [0, 0.05) is 18.6 Å². The lowest BCUT2D eigenvalue weighted by atomic mass is 9.79. The van der Waals surface area contributed by atoms with Gasteiger partial charge in [0.25, 0.3) is 0 Å². The number of nitrogens with one attached hydrogen (secondary N) is 1. The quantitative estimate of drug-likeness (QED) is 0.741. The van der Waals surface area contributed by atoms with Crippen molar-refractivity contribution >= 4 is 11.8 Å². The zero-order valence-electron chi connectivity index (χ0n) is 14.5. The molecule has 0 saturated carbocycles. The highest BCUT2D eigenvalue weighted by Gasteiger charge is 2.31. The molecule has 0 aromatic heterocycles. The van der Waals surface area contributed by atoms with Crippen molar-refractivity contribution in [2.45, 2.75) is 39.3 Å². The third-order valence-corrected chi connectivity index (χ3v) is 5.00. The molecule has 0 aliphatic carbocycles. The third-order valence-electron chi connectivity index (χ3n) is 4.35. The molecule has 2 unspecified atom stereocenters. The van der Waals surface area contributed by atoms with E-state index in [-0.39, 0.29) is 5.41 Å². The first-order chi connectivity index (χ1) is 9.92. The van der Waals surface area contributed by atoms with Crippen LogP contribution in [-0.4, -0.2) is 43.6 Å². The Hall–Kier alpha value is -0.510. The predicted molar refractivity (Wildman–Crippen MR) is 97.1 cm³/mol. The number of benzene rings is 1. The van der Waals surface area contributed by atoms with Crippen LogP contribution < -0.4 is 5.32 Å². The first-order valence-electron chi connectivity index (χ1n) is 7.83. The number of thioether (sulfide) groups is 1. The lowest BCUT2D eigenvalue weighted by molar-refractivity contribution is 0.131. The lowest BCUT2D eigenvalue weighted by Gasteiger charge is -2.39. The fraction of sp³-hybridized carbons (Fsp3) is 0.667. The Labute approximate surface area is 135 Å². The average molecular weight is 309 g/mol. The van der Waals surface area contributed by atoms with Gasteiger partial charge < -0.3 is 10.2 Å². The second-order valence-corrected chi connectivity index (χ2v) is 7.65. The molecular weight excluding hydrogens is 276 g/mol. The van der Waals surface area contributed by atoms with Crippen LogP contribution in [0.4, 0.5) is 0 Å². The highest BCUT2D eigenvalue weighted by molar-refractivity contribution is 7.98. The van der Waals surface area contributed by atoms with Gasteiger partial charge in [-0.15, -0.1) is 0 Å². The summed E-state index contributed by atoms with van der Waals surface area (Å²) in [7, 11) is 4.32.